The number of ether oxygens (including phenoxy) is 2. The summed E-state index contributed by atoms with van der Waals surface area (Å²) in [6, 6.07) is 0. The van der Waals surface area contributed by atoms with Crippen molar-refractivity contribution in [3.63, 3.8) is 0 Å². The Kier molecular flexibility index (Phi) is 10.7. The average molecular weight is 288 g/mol. The van der Waals surface area contributed by atoms with Crippen LogP contribution in [0.4, 0.5) is 0 Å². The number of hydrogen-bond acceptors (Lipinski definition) is 4. The summed E-state index contributed by atoms with van der Waals surface area (Å²) in [6.07, 6.45) is 1.93. The van der Waals surface area contributed by atoms with Crippen LogP contribution in [0.3, 0.4) is 0 Å². The zero-order valence-electron chi connectivity index (χ0n) is 13.8. The second-order valence-corrected chi connectivity index (χ2v) is 6.21. The molecule has 0 aromatic rings. The summed E-state index contributed by atoms with van der Waals surface area (Å²) in [4.78, 5) is 11.3. The molecule has 20 heavy (non-hydrogen) atoms. The van der Waals surface area contributed by atoms with Gasteiger partial charge in [-0.1, -0.05) is 0 Å². The highest BCUT2D eigenvalue weighted by molar-refractivity contribution is 5.77. The highest BCUT2D eigenvalue weighted by Gasteiger charge is 2.06. The lowest BCUT2D eigenvalue weighted by atomic mass is 10.1. The van der Waals surface area contributed by atoms with Crippen molar-refractivity contribution < 1.29 is 14.3 Å². The minimum Gasteiger partial charge on any atom is -0.381 e. The minimum atomic E-state index is -0.0620. The standard InChI is InChI=1S/C15H32N2O3/c1-13(2)20-12-14(18)16-8-6-10-19-11-7-9-17-15(3,4)5/h13,17H,6-12H2,1-5H3,(H,16,18). The molecule has 0 saturated carbocycles. The van der Waals surface area contributed by atoms with Crippen LogP contribution in [0.25, 0.3) is 0 Å². The molecule has 0 spiro atoms. The molecule has 0 aliphatic heterocycles. The minimum absolute atomic E-state index is 0.0620. The van der Waals surface area contributed by atoms with Gasteiger partial charge in [0.1, 0.15) is 6.61 Å². The lowest BCUT2D eigenvalue weighted by Gasteiger charge is -2.20. The first-order valence-corrected chi connectivity index (χ1v) is 7.52. The molecule has 0 heterocycles. The Morgan fingerprint density at radius 3 is 2.25 bits per heavy atom. The van der Waals surface area contributed by atoms with E-state index in [2.05, 4.69) is 31.4 Å². The number of carbonyl (C=O) groups is 1. The zero-order chi connectivity index (χ0) is 15.4. The molecule has 0 atom stereocenters. The largest absolute Gasteiger partial charge is 0.381 e. The highest BCUT2D eigenvalue weighted by atomic mass is 16.5. The van der Waals surface area contributed by atoms with E-state index < -0.39 is 0 Å². The van der Waals surface area contributed by atoms with Crippen LogP contribution in [0.1, 0.15) is 47.5 Å². The van der Waals surface area contributed by atoms with Crippen LogP contribution in [0.5, 0.6) is 0 Å². The van der Waals surface area contributed by atoms with E-state index in [0.29, 0.717) is 13.2 Å². The van der Waals surface area contributed by atoms with Gasteiger partial charge in [-0.25, -0.2) is 0 Å². The Morgan fingerprint density at radius 1 is 1.10 bits per heavy atom. The molecule has 0 bridgehead atoms. The maximum absolute atomic E-state index is 11.3. The fourth-order valence-electron chi connectivity index (χ4n) is 1.44. The molecule has 1 amide bonds. The number of rotatable bonds is 11. The number of carbonyl (C=O) groups excluding carboxylic acids is 1. The van der Waals surface area contributed by atoms with E-state index in [0.717, 1.165) is 26.0 Å². The number of hydrogen-bond donors (Lipinski definition) is 2. The molecule has 0 fully saturated rings. The molecule has 0 radical (unpaired) electrons. The Balaban J connectivity index is 3.22. The fraction of sp³-hybridized carbons (Fsp3) is 0.933. The van der Waals surface area contributed by atoms with Crippen LogP contribution in [-0.4, -0.2) is 50.5 Å². The Bertz CT molecular complexity index is 250. The van der Waals surface area contributed by atoms with Crippen LogP contribution in [-0.2, 0) is 14.3 Å². The average Bonchev–Trinajstić information content (AvgIpc) is 2.33. The summed E-state index contributed by atoms with van der Waals surface area (Å²) < 4.78 is 10.7. The third-order valence-corrected chi connectivity index (χ3v) is 2.46. The molecule has 0 aliphatic carbocycles. The lowest BCUT2D eigenvalue weighted by Crippen LogP contribution is -2.36. The molecule has 0 aromatic heterocycles. The molecule has 0 unspecified atom stereocenters. The lowest BCUT2D eigenvalue weighted by molar-refractivity contribution is -0.127. The van der Waals surface area contributed by atoms with Gasteiger partial charge in [0.2, 0.25) is 5.91 Å². The molecular formula is C15H32N2O3. The van der Waals surface area contributed by atoms with Gasteiger partial charge in [-0.05, 0) is 54.0 Å². The van der Waals surface area contributed by atoms with Crippen molar-refractivity contribution in [1.82, 2.24) is 10.6 Å². The van der Waals surface area contributed by atoms with Gasteiger partial charge in [0.25, 0.3) is 0 Å². The fourth-order valence-corrected chi connectivity index (χ4v) is 1.44. The van der Waals surface area contributed by atoms with Crippen molar-refractivity contribution in [2.75, 3.05) is 32.9 Å². The van der Waals surface area contributed by atoms with Crippen molar-refractivity contribution in [3.05, 3.63) is 0 Å². The summed E-state index contributed by atoms with van der Waals surface area (Å²) in [7, 11) is 0. The van der Waals surface area contributed by atoms with Crippen molar-refractivity contribution in [2.45, 2.75) is 59.1 Å². The van der Waals surface area contributed by atoms with Gasteiger partial charge in [0.05, 0.1) is 6.10 Å². The Hall–Kier alpha value is -0.650. The van der Waals surface area contributed by atoms with Crippen LogP contribution < -0.4 is 10.6 Å². The maximum Gasteiger partial charge on any atom is 0.246 e. The van der Waals surface area contributed by atoms with E-state index in [1.807, 2.05) is 13.8 Å². The first kappa shape index (κ1) is 19.4. The van der Waals surface area contributed by atoms with Crippen molar-refractivity contribution in [2.24, 2.45) is 0 Å². The van der Waals surface area contributed by atoms with Crippen molar-refractivity contribution in [1.29, 1.82) is 0 Å². The van der Waals surface area contributed by atoms with Gasteiger partial charge in [-0.15, -0.1) is 0 Å². The van der Waals surface area contributed by atoms with Crippen molar-refractivity contribution >= 4 is 5.91 Å². The molecule has 5 heteroatoms. The molecule has 120 valence electrons. The van der Waals surface area contributed by atoms with E-state index >= 15 is 0 Å². The van der Waals surface area contributed by atoms with E-state index in [9.17, 15) is 4.79 Å². The molecule has 0 rings (SSSR count). The summed E-state index contributed by atoms with van der Waals surface area (Å²) in [5, 5.41) is 6.21. The van der Waals surface area contributed by atoms with Gasteiger partial charge >= 0.3 is 0 Å². The molecule has 0 aromatic carbocycles. The van der Waals surface area contributed by atoms with Crippen LogP contribution in [0, 0.1) is 0 Å². The highest BCUT2D eigenvalue weighted by Crippen LogP contribution is 1.98. The molecule has 2 N–H and O–H groups in total. The van der Waals surface area contributed by atoms with Gasteiger partial charge in [0, 0.05) is 25.3 Å². The van der Waals surface area contributed by atoms with Gasteiger partial charge < -0.3 is 20.1 Å². The van der Waals surface area contributed by atoms with E-state index in [-0.39, 0.29) is 24.2 Å². The van der Waals surface area contributed by atoms with E-state index in [1.165, 1.54) is 0 Å². The Morgan fingerprint density at radius 2 is 1.70 bits per heavy atom. The summed E-state index contributed by atoms with van der Waals surface area (Å²) in [5.74, 6) is -0.0620. The van der Waals surface area contributed by atoms with Crippen molar-refractivity contribution in [3.8, 4) is 0 Å². The van der Waals surface area contributed by atoms with E-state index in [1.54, 1.807) is 0 Å². The predicted octanol–water partition coefficient (Wildman–Crippen LogP) is 1.71. The van der Waals surface area contributed by atoms with Crippen LogP contribution in [0.15, 0.2) is 0 Å². The first-order chi connectivity index (χ1) is 9.31. The number of nitrogens with one attached hydrogen (secondary N) is 2. The SMILES string of the molecule is CC(C)OCC(=O)NCCCOCCCNC(C)(C)C. The normalized spacial score (nSPS) is 11.9. The van der Waals surface area contributed by atoms with Gasteiger partial charge in [-0.3, -0.25) is 4.79 Å². The van der Waals surface area contributed by atoms with Crippen LogP contribution >= 0.6 is 0 Å². The third-order valence-electron chi connectivity index (χ3n) is 2.46. The molecule has 0 aliphatic rings. The van der Waals surface area contributed by atoms with Gasteiger partial charge in [0.15, 0.2) is 0 Å². The predicted molar refractivity (Wildman–Crippen MR) is 81.9 cm³/mol. The molecule has 0 saturated heterocycles. The third kappa shape index (κ3) is 15.4. The summed E-state index contributed by atoms with van der Waals surface area (Å²) in [6.45, 7) is 13.5. The smallest absolute Gasteiger partial charge is 0.246 e. The second-order valence-electron chi connectivity index (χ2n) is 6.21. The Labute approximate surface area is 123 Å². The first-order valence-electron chi connectivity index (χ1n) is 7.52. The van der Waals surface area contributed by atoms with Crippen LogP contribution in [0.2, 0.25) is 0 Å². The topological polar surface area (TPSA) is 59.6 Å². The molecular weight excluding hydrogens is 256 g/mol. The number of amides is 1. The summed E-state index contributed by atoms with van der Waals surface area (Å²) in [5.41, 5.74) is 0.169. The van der Waals surface area contributed by atoms with E-state index in [4.69, 9.17) is 9.47 Å². The monoisotopic (exact) mass is 288 g/mol. The maximum atomic E-state index is 11.3. The molecule has 5 nitrogen and oxygen atoms in total. The summed E-state index contributed by atoms with van der Waals surface area (Å²) >= 11 is 0. The zero-order valence-corrected chi connectivity index (χ0v) is 13.8. The quantitative estimate of drug-likeness (QED) is 0.568. The second kappa shape index (κ2) is 11.1. The van der Waals surface area contributed by atoms with Gasteiger partial charge in [-0.2, -0.15) is 0 Å².